The number of aryl methyl sites for hydroxylation is 1. The van der Waals surface area contributed by atoms with Crippen molar-refractivity contribution in [3.05, 3.63) is 29.3 Å². The van der Waals surface area contributed by atoms with Crippen molar-refractivity contribution >= 4 is 0 Å². The first kappa shape index (κ1) is 9.26. The van der Waals surface area contributed by atoms with Crippen LogP contribution in [0.5, 0.6) is 5.75 Å². The molecule has 1 aliphatic carbocycles. The van der Waals surface area contributed by atoms with Crippen LogP contribution in [0, 0.1) is 6.92 Å². The fraction of sp³-hybridized carbons (Fsp3) is 0.571. The summed E-state index contributed by atoms with van der Waals surface area (Å²) in [6, 6.07) is 6.62. The molecular formula is C14H18O. The lowest BCUT2D eigenvalue weighted by atomic mass is 9.70. The largest absolute Gasteiger partial charge is 0.489 e. The minimum Gasteiger partial charge on any atom is -0.489 e. The molecule has 3 rings (SSSR count). The Labute approximate surface area is 91.5 Å². The molecule has 2 atom stereocenters. The first-order chi connectivity index (χ1) is 7.20. The van der Waals surface area contributed by atoms with Crippen LogP contribution in [0.4, 0.5) is 0 Å². The van der Waals surface area contributed by atoms with E-state index in [-0.39, 0.29) is 0 Å². The third-order valence-electron chi connectivity index (χ3n) is 4.14. The van der Waals surface area contributed by atoms with Gasteiger partial charge >= 0.3 is 0 Å². The van der Waals surface area contributed by atoms with Gasteiger partial charge in [0.05, 0.1) is 0 Å². The molecule has 1 nitrogen and oxygen atoms in total. The van der Waals surface area contributed by atoms with Gasteiger partial charge in [0.15, 0.2) is 0 Å². The standard InChI is InChI=1S/C14H18O/c1-10-6-7-12-11(9-10)14(2)8-4-3-5-13(14)15-12/h6-7,9,13H,3-5,8H2,1-2H3. The minimum atomic E-state index is 0.291. The number of hydrogen-bond acceptors (Lipinski definition) is 1. The lowest BCUT2D eigenvalue weighted by molar-refractivity contribution is 0.111. The summed E-state index contributed by atoms with van der Waals surface area (Å²) < 4.78 is 6.07. The van der Waals surface area contributed by atoms with Gasteiger partial charge < -0.3 is 4.74 Å². The van der Waals surface area contributed by atoms with Crippen molar-refractivity contribution < 1.29 is 4.74 Å². The van der Waals surface area contributed by atoms with Crippen molar-refractivity contribution in [2.24, 2.45) is 0 Å². The zero-order valence-electron chi connectivity index (χ0n) is 9.55. The summed E-state index contributed by atoms with van der Waals surface area (Å²) in [5.74, 6) is 1.13. The highest BCUT2D eigenvalue weighted by Crippen LogP contribution is 2.50. The lowest BCUT2D eigenvalue weighted by Crippen LogP contribution is -2.38. The summed E-state index contributed by atoms with van der Waals surface area (Å²) in [4.78, 5) is 0. The molecule has 0 aromatic heterocycles. The Morgan fingerprint density at radius 3 is 3.07 bits per heavy atom. The quantitative estimate of drug-likeness (QED) is 0.624. The van der Waals surface area contributed by atoms with E-state index in [4.69, 9.17) is 4.74 Å². The summed E-state index contributed by atoms with van der Waals surface area (Å²) in [7, 11) is 0. The molecule has 80 valence electrons. The number of hydrogen-bond donors (Lipinski definition) is 0. The predicted octanol–water partition coefficient (Wildman–Crippen LogP) is 3.59. The highest BCUT2D eigenvalue weighted by Gasteiger charge is 2.46. The second kappa shape index (κ2) is 3.01. The van der Waals surface area contributed by atoms with Crippen LogP contribution in [0.15, 0.2) is 18.2 Å². The summed E-state index contributed by atoms with van der Waals surface area (Å²) in [6.45, 7) is 4.54. The van der Waals surface area contributed by atoms with Gasteiger partial charge in [-0.3, -0.25) is 0 Å². The number of benzene rings is 1. The molecule has 2 unspecified atom stereocenters. The van der Waals surface area contributed by atoms with E-state index >= 15 is 0 Å². The molecule has 1 heterocycles. The predicted molar refractivity (Wildman–Crippen MR) is 61.4 cm³/mol. The van der Waals surface area contributed by atoms with E-state index in [1.165, 1.54) is 36.8 Å². The number of fused-ring (bicyclic) bond motifs is 3. The van der Waals surface area contributed by atoms with E-state index in [0.29, 0.717) is 11.5 Å². The topological polar surface area (TPSA) is 9.23 Å². The number of ether oxygens (including phenoxy) is 1. The monoisotopic (exact) mass is 202 g/mol. The van der Waals surface area contributed by atoms with Gasteiger partial charge in [0, 0.05) is 11.0 Å². The van der Waals surface area contributed by atoms with Gasteiger partial charge in [0.25, 0.3) is 0 Å². The summed E-state index contributed by atoms with van der Waals surface area (Å²) in [5.41, 5.74) is 3.09. The van der Waals surface area contributed by atoms with E-state index in [9.17, 15) is 0 Å². The van der Waals surface area contributed by atoms with E-state index in [1.54, 1.807) is 0 Å². The van der Waals surface area contributed by atoms with Gasteiger partial charge in [0.2, 0.25) is 0 Å². The molecule has 0 spiro atoms. The first-order valence-corrected chi connectivity index (χ1v) is 5.98. The number of rotatable bonds is 0. The third kappa shape index (κ3) is 1.22. The second-order valence-electron chi connectivity index (χ2n) is 5.27. The molecule has 1 aromatic rings. The van der Waals surface area contributed by atoms with Gasteiger partial charge in [-0.25, -0.2) is 0 Å². The molecule has 1 aromatic carbocycles. The van der Waals surface area contributed by atoms with Gasteiger partial charge in [0.1, 0.15) is 11.9 Å². The SMILES string of the molecule is Cc1ccc2c(c1)C1(C)CCCCC1O2. The summed E-state index contributed by atoms with van der Waals surface area (Å²) in [6.07, 6.45) is 5.62. The van der Waals surface area contributed by atoms with E-state index in [2.05, 4.69) is 32.0 Å². The Bertz CT molecular complexity index is 396. The van der Waals surface area contributed by atoms with Gasteiger partial charge in [-0.05, 0) is 32.3 Å². The average molecular weight is 202 g/mol. The van der Waals surface area contributed by atoms with Crippen molar-refractivity contribution in [3.8, 4) is 5.75 Å². The summed E-state index contributed by atoms with van der Waals surface area (Å²) >= 11 is 0. The molecule has 1 fully saturated rings. The average Bonchev–Trinajstić information content (AvgIpc) is 2.51. The molecule has 1 saturated carbocycles. The second-order valence-corrected chi connectivity index (χ2v) is 5.27. The first-order valence-electron chi connectivity index (χ1n) is 5.98. The van der Waals surface area contributed by atoms with Crippen molar-refractivity contribution in [2.75, 3.05) is 0 Å². The van der Waals surface area contributed by atoms with Crippen molar-refractivity contribution in [2.45, 2.75) is 51.0 Å². The van der Waals surface area contributed by atoms with Crippen LogP contribution in [-0.4, -0.2) is 6.10 Å². The Balaban J connectivity index is 2.11. The molecule has 1 aliphatic heterocycles. The molecule has 0 radical (unpaired) electrons. The Morgan fingerprint density at radius 1 is 1.33 bits per heavy atom. The van der Waals surface area contributed by atoms with Crippen LogP contribution in [0.1, 0.15) is 43.7 Å². The molecule has 2 aliphatic rings. The molecule has 15 heavy (non-hydrogen) atoms. The van der Waals surface area contributed by atoms with Gasteiger partial charge in [-0.2, -0.15) is 0 Å². The third-order valence-corrected chi connectivity index (χ3v) is 4.14. The Morgan fingerprint density at radius 2 is 2.20 bits per heavy atom. The van der Waals surface area contributed by atoms with Crippen molar-refractivity contribution in [1.29, 1.82) is 0 Å². The fourth-order valence-electron chi connectivity index (χ4n) is 3.14. The van der Waals surface area contributed by atoms with E-state index in [0.717, 1.165) is 5.75 Å². The van der Waals surface area contributed by atoms with Gasteiger partial charge in [-0.15, -0.1) is 0 Å². The highest BCUT2D eigenvalue weighted by molar-refractivity contribution is 5.47. The normalized spacial score (nSPS) is 33.1. The van der Waals surface area contributed by atoms with Crippen LogP contribution in [0.3, 0.4) is 0 Å². The zero-order chi connectivity index (χ0) is 10.5. The maximum atomic E-state index is 6.07. The summed E-state index contributed by atoms with van der Waals surface area (Å²) in [5, 5.41) is 0. The van der Waals surface area contributed by atoms with Crippen LogP contribution in [-0.2, 0) is 5.41 Å². The zero-order valence-corrected chi connectivity index (χ0v) is 9.55. The molecule has 0 N–H and O–H groups in total. The van der Waals surface area contributed by atoms with Gasteiger partial charge in [-0.1, -0.05) is 31.0 Å². The maximum absolute atomic E-state index is 6.07. The van der Waals surface area contributed by atoms with Crippen LogP contribution < -0.4 is 4.74 Å². The van der Waals surface area contributed by atoms with E-state index in [1.807, 2.05) is 0 Å². The van der Waals surface area contributed by atoms with Crippen molar-refractivity contribution in [1.82, 2.24) is 0 Å². The van der Waals surface area contributed by atoms with Crippen LogP contribution in [0.2, 0.25) is 0 Å². The van der Waals surface area contributed by atoms with Crippen LogP contribution >= 0.6 is 0 Å². The van der Waals surface area contributed by atoms with Crippen molar-refractivity contribution in [3.63, 3.8) is 0 Å². The highest BCUT2D eigenvalue weighted by atomic mass is 16.5. The van der Waals surface area contributed by atoms with E-state index < -0.39 is 0 Å². The fourth-order valence-corrected chi connectivity index (χ4v) is 3.14. The smallest absolute Gasteiger partial charge is 0.123 e. The molecule has 0 bridgehead atoms. The molecule has 0 saturated heterocycles. The minimum absolute atomic E-state index is 0.291. The Hall–Kier alpha value is -0.980. The molecular weight excluding hydrogens is 184 g/mol. The molecule has 0 amide bonds. The maximum Gasteiger partial charge on any atom is 0.123 e. The lowest BCUT2D eigenvalue weighted by Gasteiger charge is -2.34. The van der Waals surface area contributed by atoms with Crippen LogP contribution in [0.25, 0.3) is 0 Å². The Kier molecular flexibility index (Phi) is 1.86. The molecule has 1 heteroatoms.